The molecule has 0 fully saturated rings. The molecule has 0 bridgehead atoms. The van der Waals surface area contributed by atoms with Crippen LogP contribution < -0.4 is 0 Å². The van der Waals surface area contributed by atoms with Crippen molar-refractivity contribution in [2.75, 3.05) is 7.05 Å². The summed E-state index contributed by atoms with van der Waals surface area (Å²) in [7, 11) is 1.97. The first-order chi connectivity index (χ1) is 8.16. The van der Waals surface area contributed by atoms with Gasteiger partial charge in [0, 0.05) is 6.42 Å². The number of nitrogens with zero attached hydrogens (tertiary/aromatic N) is 1. The Morgan fingerprint density at radius 3 is 2.76 bits per heavy atom. The maximum Gasteiger partial charge on any atom is 0.311 e. The third-order valence-corrected chi connectivity index (χ3v) is 3.03. The van der Waals surface area contributed by atoms with Gasteiger partial charge in [0.2, 0.25) is 0 Å². The van der Waals surface area contributed by atoms with E-state index in [0.717, 1.165) is 12.1 Å². The van der Waals surface area contributed by atoms with E-state index in [4.69, 9.17) is 5.11 Å². The zero-order valence-electron chi connectivity index (χ0n) is 9.84. The van der Waals surface area contributed by atoms with Gasteiger partial charge in [-0.15, -0.1) is 0 Å². The molecule has 1 aliphatic heterocycles. The van der Waals surface area contributed by atoms with Crippen LogP contribution >= 0.6 is 0 Å². The van der Waals surface area contributed by atoms with Crippen molar-refractivity contribution in [3.05, 3.63) is 47.7 Å². The second kappa shape index (κ2) is 4.95. The van der Waals surface area contributed by atoms with Crippen LogP contribution in [0.25, 0.3) is 0 Å². The van der Waals surface area contributed by atoms with Gasteiger partial charge in [-0.05, 0) is 11.6 Å². The van der Waals surface area contributed by atoms with Gasteiger partial charge in [0.25, 0.3) is 0 Å². The molecule has 1 N–H and O–H groups in total. The summed E-state index contributed by atoms with van der Waals surface area (Å²) in [4.78, 5) is 11.0. The molecule has 0 spiro atoms. The van der Waals surface area contributed by atoms with Crippen LogP contribution in [0.4, 0.5) is 0 Å². The molecule has 1 aromatic rings. The van der Waals surface area contributed by atoms with E-state index in [0.29, 0.717) is 6.42 Å². The summed E-state index contributed by atoms with van der Waals surface area (Å²) in [6, 6.07) is 10.1. The topological polar surface area (TPSA) is 40.3 Å². The fourth-order valence-corrected chi connectivity index (χ4v) is 1.97. The van der Waals surface area contributed by atoms with Crippen LogP contribution in [0.1, 0.15) is 12.0 Å². The molecule has 0 saturated carbocycles. The number of likely N-dealkylation sites (N-methyl/N-ethyl adjacent to an activating group) is 1. The Balaban J connectivity index is 2.18. The molecule has 1 heterocycles. The van der Waals surface area contributed by atoms with Gasteiger partial charge >= 0.3 is 5.97 Å². The first-order valence-electron chi connectivity index (χ1n) is 5.70. The Morgan fingerprint density at radius 1 is 1.41 bits per heavy atom. The van der Waals surface area contributed by atoms with Crippen molar-refractivity contribution in [2.24, 2.45) is 5.92 Å². The zero-order valence-corrected chi connectivity index (χ0v) is 9.84. The molecule has 0 saturated heterocycles. The Morgan fingerprint density at radius 2 is 2.12 bits per heavy atom. The average Bonchev–Trinajstić information content (AvgIpc) is 2.33. The predicted octanol–water partition coefficient (Wildman–Crippen LogP) is 1.93. The molecule has 17 heavy (non-hydrogen) atoms. The van der Waals surface area contributed by atoms with E-state index in [1.807, 2.05) is 42.1 Å². The van der Waals surface area contributed by atoms with Crippen LogP contribution in [-0.2, 0) is 11.2 Å². The zero-order chi connectivity index (χ0) is 12.3. The van der Waals surface area contributed by atoms with E-state index in [2.05, 4.69) is 12.1 Å². The minimum atomic E-state index is -0.750. The highest BCUT2D eigenvalue weighted by Gasteiger charge is 2.24. The minimum Gasteiger partial charge on any atom is -0.481 e. The number of rotatable bonds is 3. The molecule has 0 aromatic heterocycles. The van der Waals surface area contributed by atoms with Crippen molar-refractivity contribution >= 4 is 12.2 Å². The molecule has 0 radical (unpaired) electrons. The Bertz CT molecular complexity index is 474. The van der Waals surface area contributed by atoms with Crippen molar-refractivity contribution in [3.8, 4) is 0 Å². The Labute approximate surface area is 101 Å². The highest BCUT2D eigenvalue weighted by Crippen LogP contribution is 2.17. The molecule has 88 valence electrons. The van der Waals surface area contributed by atoms with Crippen molar-refractivity contribution in [1.29, 1.82) is 0 Å². The number of carbonyl (C=O) groups is 1. The van der Waals surface area contributed by atoms with E-state index in [1.165, 1.54) is 5.56 Å². The summed E-state index contributed by atoms with van der Waals surface area (Å²) in [5.41, 5.74) is 2.25. The summed E-state index contributed by atoms with van der Waals surface area (Å²) in [5, 5.41) is 9.03. The Kier molecular flexibility index (Phi) is 3.38. The van der Waals surface area contributed by atoms with Gasteiger partial charge < -0.3 is 5.11 Å². The first kappa shape index (κ1) is 11.6. The lowest BCUT2D eigenvalue weighted by atomic mass is 9.99. The van der Waals surface area contributed by atoms with E-state index >= 15 is 0 Å². The third kappa shape index (κ3) is 2.81. The lowest BCUT2D eigenvalue weighted by Gasteiger charge is -2.12. The van der Waals surface area contributed by atoms with Crippen LogP contribution in [0.5, 0.6) is 0 Å². The first-order valence-corrected chi connectivity index (χ1v) is 5.70. The number of hydrogen-bond donors (Lipinski definition) is 1. The number of allylic oxidation sites excluding steroid dienone is 1. The minimum absolute atomic E-state index is 0.384. The molecular weight excluding hydrogens is 214 g/mol. The molecule has 0 amide bonds. The standard InChI is InChI=1S/C14H15NO2/c1-15-8-7-12(14(16)17)10-13(15)9-11-5-3-2-4-6-11/h2-6,8,10,12H,7,9H2,1H3/p+1/t12-/m0/s1. The van der Waals surface area contributed by atoms with Crippen molar-refractivity contribution < 1.29 is 14.5 Å². The summed E-state index contributed by atoms with van der Waals surface area (Å²) in [5.74, 6) is -1.13. The molecule has 0 aliphatic carbocycles. The van der Waals surface area contributed by atoms with Gasteiger partial charge in [-0.3, -0.25) is 4.79 Å². The normalized spacial score (nSPS) is 19.5. The fourth-order valence-electron chi connectivity index (χ4n) is 1.97. The van der Waals surface area contributed by atoms with Crippen molar-refractivity contribution in [2.45, 2.75) is 12.8 Å². The van der Waals surface area contributed by atoms with Crippen LogP contribution in [-0.4, -0.2) is 28.9 Å². The second-order valence-electron chi connectivity index (χ2n) is 4.29. The van der Waals surface area contributed by atoms with Crippen LogP contribution in [0.2, 0.25) is 0 Å². The predicted molar refractivity (Wildman–Crippen MR) is 66.2 cm³/mol. The highest BCUT2D eigenvalue weighted by molar-refractivity contribution is 5.76. The number of aliphatic carboxylic acids is 1. The van der Waals surface area contributed by atoms with Gasteiger partial charge in [-0.1, -0.05) is 30.3 Å². The summed E-state index contributed by atoms with van der Waals surface area (Å²) in [6.07, 6.45) is 5.15. The highest BCUT2D eigenvalue weighted by atomic mass is 16.4. The molecule has 1 aromatic carbocycles. The monoisotopic (exact) mass is 230 g/mol. The van der Waals surface area contributed by atoms with E-state index in [9.17, 15) is 4.79 Å². The summed E-state index contributed by atoms with van der Waals surface area (Å²) in [6.45, 7) is 0. The van der Waals surface area contributed by atoms with Crippen LogP contribution in [0.15, 0.2) is 42.1 Å². The largest absolute Gasteiger partial charge is 0.481 e. The van der Waals surface area contributed by atoms with Crippen LogP contribution in [0, 0.1) is 5.92 Å². The van der Waals surface area contributed by atoms with E-state index in [1.54, 1.807) is 0 Å². The third-order valence-electron chi connectivity index (χ3n) is 3.03. The van der Waals surface area contributed by atoms with Crippen LogP contribution in [0.3, 0.4) is 0 Å². The molecule has 3 nitrogen and oxygen atoms in total. The van der Waals surface area contributed by atoms with Gasteiger partial charge in [0.05, 0.1) is 12.3 Å². The van der Waals surface area contributed by atoms with Gasteiger partial charge in [-0.2, -0.15) is 0 Å². The molecule has 1 aliphatic rings. The van der Waals surface area contributed by atoms with E-state index in [-0.39, 0.29) is 5.92 Å². The second-order valence-corrected chi connectivity index (χ2v) is 4.29. The number of carboxylic acids is 1. The molecule has 3 heteroatoms. The number of carboxylic acid groups (broad SMARTS) is 1. The number of benzene rings is 1. The fraction of sp³-hybridized carbons (Fsp3) is 0.286. The van der Waals surface area contributed by atoms with E-state index < -0.39 is 5.97 Å². The molecular formula is C14H16NO2+. The smallest absolute Gasteiger partial charge is 0.311 e. The van der Waals surface area contributed by atoms with Crippen molar-refractivity contribution in [1.82, 2.24) is 0 Å². The van der Waals surface area contributed by atoms with Gasteiger partial charge in [-0.25, -0.2) is 4.58 Å². The van der Waals surface area contributed by atoms with Gasteiger partial charge in [0.15, 0.2) is 5.70 Å². The quantitative estimate of drug-likeness (QED) is 0.806. The summed E-state index contributed by atoms with van der Waals surface area (Å²) < 4.78 is 2.02. The summed E-state index contributed by atoms with van der Waals surface area (Å²) >= 11 is 0. The molecule has 1 atom stereocenters. The lowest BCUT2D eigenvalue weighted by Crippen LogP contribution is -2.22. The molecule has 2 rings (SSSR count). The van der Waals surface area contributed by atoms with Crippen molar-refractivity contribution in [3.63, 3.8) is 0 Å². The lowest BCUT2D eigenvalue weighted by molar-refractivity contribution is -0.444. The molecule has 0 unspecified atom stereocenters. The Hall–Kier alpha value is -1.90. The van der Waals surface area contributed by atoms with Gasteiger partial charge in [0.1, 0.15) is 13.3 Å². The maximum absolute atomic E-state index is 11.0. The maximum atomic E-state index is 11.0. The average molecular weight is 230 g/mol. The SMILES string of the molecule is C[N+]1=CC[C@H](C(=O)O)C=C1Cc1ccccc1. The number of hydrogen-bond acceptors (Lipinski definition) is 1.